The Kier molecular flexibility index (Phi) is 6.81. The van der Waals surface area contributed by atoms with Crippen LogP contribution in [0.1, 0.15) is 53.4 Å². The van der Waals surface area contributed by atoms with E-state index in [1.807, 2.05) is 6.92 Å². The van der Waals surface area contributed by atoms with Crippen LogP contribution in [0.15, 0.2) is 0 Å². The first kappa shape index (κ1) is 13.6. The minimum Gasteiger partial charge on any atom is -0.381 e. The lowest BCUT2D eigenvalue weighted by Gasteiger charge is -2.17. The molecule has 0 amide bonds. The van der Waals surface area contributed by atoms with Crippen LogP contribution >= 0.6 is 0 Å². The number of hydrogen-bond acceptors (Lipinski definition) is 2. The van der Waals surface area contributed by atoms with Gasteiger partial charge >= 0.3 is 0 Å². The number of carbonyl (C=O) groups excluding carboxylic acids is 1. The Hall–Kier alpha value is -0.370. The molecule has 0 saturated heterocycles. The molecule has 0 radical (unpaired) electrons. The molecule has 0 heterocycles. The zero-order chi connectivity index (χ0) is 11.0. The second kappa shape index (κ2) is 6.99. The van der Waals surface area contributed by atoms with E-state index >= 15 is 0 Å². The third-order valence-electron chi connectivity index (χ3n) is 2.14. The summed E-state index contributed by atoms with van der Waals surface area (Å²) in [5, 5.41) is 0. The molecule has 14 heavy (non-hydrogen) atoms. The highest BCUT2D eigenvalue weighted by atomic mass is 16.5. The molecule has 0 N–H and O–H groups in total. The van der Waals surface area contributed by atoms with Crippen molar-refractivity contribution in [2.24, 2.45) is 5.41 Å². The van der Waals surface area contributed by atoms with Crippen LogP contribution in [0.25, 0.3) is 0 Å². The van der Waals surface area contributed by atoms with Crippen molar-refractivity contribution < 1.29 is 9.53 Å². The average molecular weight is 200 g/mol. The maximum atomic E-state index is 10.9. The van der Waals surface area contributed by atoms with E-state index in [0.29, 0.717) is 24.0 Å². The van der Waals surface area contributed by atoms with Crippen LogP contribution in [0.4, 0.5) is 0 Å². The second-order valence-corrected chi connectivity index (χ2v) is 4.92. The summed E-state index contributed by atoms with van der Waals surface area (Å²) in [5.74, 6) is 0.337. The maximum absolute atomic E-state index is 10.9. The molecular weight excluding hydrogens is 176 g/mol. The first-order valence-corrected chi connectivity index (χ1v) is 5.55. The molecule has 0 aromatic heterocycles. The lowest BCUT2D eigenvalue weighted by molar-refractivity contribution is -0.119. The summed E-state index contributed by atoms with van der Waals surface area (Å²) < 4.78 is 5.45. The average Bonchev–Trinajstić information content (AvgIpc) is 2.08. The van der Waals surface area contributed by atoms with Crippen LogP contribution in [0.2, 0.25) is 0 Å². The first-order valence-electron chi connectivity index (χ1n) is 5.55. The van der Waals surface area contributed by atoms with Gasteiger partial charge in [-0.2, -0.15) is 0 Å². The van der Waals surface area contributed by atoms with E-state index in [2.05, 4.69) is 20.8 Å². The SMILES string of the molecule is CCC(=O)CCCOCCC(C)(C)C. The highest BCUT2D eigenvalue weighted by molar-refractivity contribution is 5.77. The van der Waals surface area contributed by atoms with Gasteiger partial charge in [-0.25, -0.2) is 0 Å². The highest BCUT2D eigenvalue weighted by Crippen LogP contribution is 2.17. The third kappa shape index (κ3) is 9.72. The molecule has 2 heteroatoms. The molecule has 0 bridgehead atoms. The summed E-state index contributed by atoms with van der Waals surface area (Å²) >= 11 is 0. The van der Waals surface area contributed by atoms with Gasteiger partial charge < -0.3 is 4.74 Å². The van der Waals surface area contributed by atoms with Crippen LogP contribution in [-0.2, 0) is 9.53 Å². The van der Waals surface area contributed by atoms with E-state index in [-0.39, 0.29) is 0 Å². The standard InChI is InChI=1S/C12H24O2/c1-5-11(13)7-6-9-14-10-8-12(2,3)4/h5-10H2,1-4H3. The summed E-state index contributed by atoms with van der Waals surface area (Å²) in [4.78, 5) is 10.9. The van der Waals surface area contributed by atoms with Gasteiger partial charge in [0.25, 0.3) is 0 Å². The normalized spacial score (nSPS) is 11.7. The maximum Gasteiger partial charge on any atom is 0.132 e. The number of Topliss-reactive ketones (excluding diaryl/α,β-unsaturated/α-hetero) is 1. The molecule has 0 aliphatic heterocycles. The van der Waals surface area contributed by atoms with Crippen molar-refractivity contribution in [2.75, 3.05) is 13.2 Å². The Morgan fingerprint density at radius 3 is 2.36 bits per heavy atom. The number of ether oxygens (including phenoxy) is 1. The van der Waals surface area contributed by atoms with Crippen LogP contribution in [0.5, 0.6) is 0 Å². The predicted octanol–water partition coefficient (Wildman–Crippen LogP) is 3.20. The molecule has 84 valence electrons. The van der Waals surface area contributed by atoms with Gasteiger partial charge in [0.2, 0.25) is 0 Å². The van der Waals surface area contributed by atoms with Crippen molar-refractivity contribution in [2.45, 2.75) is 53.4 Å². The van der Waals surface area contributed by atoms with Gasteiger partial charge in [-0.15, -0.1) is 0 Å². The van der Waals surface area contributed by atoms with Crippen molar-refractivity contribution in [1.29, 1.82) is 0 Å². The lowest BCUT2D eigenvalue weighted by Crippen LogP contribution is -2.10. The van der Waals surface area contributed by atoms with E-state index in [9.17, 15) is 4.79 Å². The Morgan fingerprint density at radius 1 is 1.21 bits per heavy atom. The summed E-state index contributed by atoms with van der Waals surface area (Å²) in [6.07, 6.45) is 3.28. The quantitative estimate of drug-likeness (QED) is 0.590. The van der Waals surface area contributed by atoms with E-state index in [0.717, 1.165) is 26.1 Å². The number of hydrogen-bond donors (Lipinski definition) is 0. The lowest BCUT2D eigenvalue weighted by atomic mass is 9.93. The molecule has 0 aliphatic rings. The van der Waals surface area contributed by atoms with Crippen molar-refractivity contribution in [1.82, 2.24) is 0 Å². The van der Waals surface area contributed by atoms with Crippen LogP contribution in [-0.4, -0.2) is 19.0 Å². The molecule has 0 aliphatic carbocycles. The molecule has 0 spiro atoms. The van der Waals surface area contributed by atoms with E-state index in [4.69, 9.17) is 4.74 Å². The molecule has 0 fully saturated rings. The number of carbonyl (C=O) groups is 1. The number of rotatable bonds is 7. The van der Waals surface area contributed by atoms with E-state index in [1.54, 1.807) is 0 Å². The summed E-state index contributed by atoms with van der Waals surface area (Å²) in [7, 11) is 0. The fraction of sp³-hybridized carbons (Fsp3) is 0.917. The fourth-order valence-corrected chi connectivity index (χ4v) is 1.03. The van der Waals surface area contributed by atoms with Crippen LogP contribution in [0.3, 0.4) is 0 Å². The summed E-state index contributed by atoms with van der Waals surface area (Å²) in [6.45, 7) is 10.1. The molecule has 0 aromatic rings. The van der Waals surface area contributed by atoms with Crippen molar-refractivity contribution in [3.8, 4) is 0 Å². The smallest absolute Gasteiger partial charge is 0.132 e. The van der Waals surface area contributed by atoms with Gasteiger partial charge in [-0.05, 0) is 18.3 Å². The topological polar surface area (TPSA) is 26.3 Å². The van der Waals surface area contributed by atoms with Gasteiger partial charge in [0.1, 0.15) is 5.78 Å². The van der Waals surface area contributed by atoms with Gasteiger partial charge in [-0.1, -0.05) is 27.7 Å². The highest BCUT2D eigenvalue weighted by Gasteiger charge is 2.09. The molecule has 0 rings (SSSR count). The molecule has 2 nitrogen and oxygen atoms in total. The van der Waals surface area contributed by atoms with Gasteiger partial charge in [0.05, 0.1) is 0 Å². The van der Waals surface area contributed by atoms with Gasteiger partial charge in [0, 0.05) is 26.1 Å². The Bertz CT molecular complexity index is 156. The molecule has 0 saturated carbocycles. The summed E-state index contributed by atoms with van der Waals surface area (Å²) in [5.41, 5.74) is 0.346. The molecular formula is C12H24O2. The van der Waals surface area contributed by atoms with E-state index in [1.165, 1.54) is 0 Å². The molecule has 0 unspecified atom stereocenters. The first-order chi connectivity index (χ1) is 6.45. The van der Waals surface area contributed by atoms with Crippen LogP contribution in [0, 0.1) is 5.41 Å². The molecule has 0 aromatic carbocycles. The largest absolute Gasteiger partial charge is 0.381 e. The van der Waals surface area contributed by atoms with Crippen LogP contribution < -0.4 is 0 Å². The minimum absolute atomic E-state index is 0.337. The van der Waals surface area contributed by atoms with E-state index < -0.39 is 0 Å². The van der Waals surface area contributed by atoms with Gasteiger partial charge in [-0.3, -0.25) is 4.79 Å². The zero-order valence-corrected chi connectivity index (χ0v) is 10.1. The molecule has 0 atom stereocenters. The predicted molar refractivity (Wildman–Crippen MR) is 59.4 cm³/mol. The number of ketones is 1. The van der Waals surface area contributed by atoms with Gasteiger partial charge in [0.15, 0.2) is 0 Å². The summed E-state index contributed by atoms with van der Waals surface area (Å²) in [6, 6.07) is 0. The Labute approximate surface area is 88.0 Å². The zero-order valence-electron chi connectivity index (χ0n) is 10.1. The Morgan fingerprint density at radius 2 is 1.86 bits per heavy atom. The minimum atomic E-state index is 0.337. The monoisotopic (exact) mass is 200 g/mol. The Balaban J connectivity index is 3.18. The second-order valence-electron chi connectivity index (χ2n) is 4.92. The third-order valence-corrected chi connectivity index (χ3v) is 2.14. The van der Waals surface area contributed by atoms with Crippen molar-refractivity contribution in [3.63, 3.8) is 0 Å². The fourth-order valence-electron chi connectivity index (χ4n) is 1.03. The van der Waals surface area contributed by atoms with Crippen molar-refractivity contribution >= 4 is 5.78 Å². The van der Waals surface area contributed by atoms with Crippen molar-refractivity contribution in [3.05, 3.63) is 0 Å².